The van der Waals surface area contributed by atoms with Gasteiger partial charge in [0.25, 0.3) is 0 Å². The molecule has 0 fully saturated rings. The fourth-order valence-corrected chi connectivity index (χ4v) is 3.40. The molecule has 0 radical (unpaired) electrons. The first-order valence-corrected chi connectivity index (χ1v) is 8.97. The van der Waals surface area contributed by atoms with E-state index in [1.807, 2.05) is 31.2 Å². The van der Waals surface area contributed by atoms with Gasteiger partial charge in [-0.15, -0.1) is 11.3 Å². The third-order valence-corrected chi connectivity index (χ3v) is 4.82. The van der Waals surface area contributed by atoms with Crippen LogP contribution >= 0.6 is 11.3 Å². The maximum absolute atomic E-state index is 11.5. The van der Waals surface area contributed by atoms with Crippen molar-refractivity contribution in [1.82, 2.24) is 9.97 Å². The van der Waals surface area contributed by atoms with E-state index in [1.165, 1.54) is 24.7 Å². The number of aliphatic carboxylic acids is 1. The molecule has 2 aromatic heterocycles. The smallest absolute Gasteiger partial charge is 0.339 e. The van der Waals surface area contributed by atoms with Crippen LogP contribution in [0.2, 0.25) is 0 Å². The lowest BCUT2D eigenvalue weighted by Crippen LogP contribution is -2.06. The number of hydrogen-bond donors (Lipinski definition) is 1. The minimum absolute atomic E-state index is 0.0733. The second-order valence-corrected chi connectivity index (χ2v) is 6.84. The van der Waals surface area contributed by atoms with Gasteiger partial charge in [0.15, 0.2) is 0 Å². The summed E-state index contributed by atoms with van der Waals surface area (Å²) in [6.45, 7) is 2.14. The fourth-order valence-electron chi connectivity index (χ4n) is 2.54. The molecule has 0 spiro atoms. The van der Waals surface area contributed by atoms with Gasteiger partial charge in [0.05, 0.1) is 18.2 Å². The molecule has 0 aliphatic rings. The maximum atomic E-state index is 11.5. The molecular formula is C20H18N2O4S. The number of methoxy groups -OCH3 is 1. The van der Waals surface area contributed by atoms with Gasteiger partial charge in [-0.2, -0.15) is 0 Å². The Morgan fingerprint density at radius 2 is 1.96 bits per heavy atom. The Balaban J connectivity index is 1.83. The minimum atomic E-state index is -1.06. The number of pyridine rings is 1. The summed E-state index contributed by atoms with van der Waals surface area (Å²) in [6.07, 6.45) is 4.66. The van der Waals surface area contributed by atoms with Gasteiger partial charge in [0.1, 0.15) is 17.2 Å². The lowest BCUT2D eigenvalue weighted by molar-refractivity contribution is -0.130. The van der Waals surface area contributed by atoms with E-state index in [2.05, 4.69) is 9.97 Å². The quantitative estimate of drug-likeness (QED) is 0.488. The zero-order valence-electron chi connectivity index (χ0n) is 14.9. The largest absolute Gasteiger partial charge is 0.503 e. The average Bonchev–Trinajstić information content (AvgIpc) is 3.06. The van der Waals surface area contributed by atoms with Gasteiger partial charge in [-0.3, -0.25) is 4.98 Å². The van der Waals surface area contributed by atoms with Crippen molar-refractivity contribution in [2.24, 2.45) is 0 Å². The van der Waals surface area contributed by atoms with Gasteiger partial charge in [0, 0.05) is 18.0 Å². The number of carboxylic acids is 1. The minimum Gasteiger partial charge on any atom is -0.503 e. The first-order valence-electron chi connectivity index (χ1n) is 8.15. The normalized spacial score (nSPS) is 11.3. The molecule has 0 aliphatic heterocycles. The molecule has 0 unspecified atom stereocenters. The van der Waals surface area contributed by atoms with Crippen LogP contribution in [0.25, 0.3) is 16.1 Å². The molecule has 6 nitrogen and oxygen atoms in total. The molecule has 0 atom stereocenters. The van der Waals surface area contributed by atoms with Gasteiger partial charge in [-0.1, -0.05) is 24.3 Å². The fraction of sp³-hybridized carbons (Fsp3) is 0.150. The molecule has 7 heteroatoms. The summed E-state index contributed by atoms with van der Waals surface area (Å²) in [5, 5.41) is 10.3. The number of aryl methyl sites for hydroxylation is 1. The lowest BCUT2D eigenvalue weighted by atomic mass is 10.0. The zero-order valence-corrected chi connectivity index (χ0v) is 15.7. The zero-order chi connectivity index (χ0) is 19.2. The van der Waals surface area contributed by atoms with E-state index >= 15 is 0 Å². The first-order chi connectivity index (χ1) is 13.1. The molecular weight excluding hydrogens is 364 g/mol. The summed E-state index contributed by atoms with van der Waals surface area (Å²) < 4.78 is 10.8. The third-order valence-electron chi connectivity index (χ3n) is 3.82. The summed E-state index contributed by atoms with van der Waals surface area (Å²) in [7, 11) is 1.42. The van der Waals surface area contributed by atoms with E-state index < -0.39 is 5.97 Å². The van der Waals surface area contributed by atoms with Crippen LogP contribution in [0.5, 0.6) is 5.88 Å². The van der Waals surface area contributed by atoms with Crippen LogP contribution < -0.4 is 4.74 Å². The van der Waals surface area contributed by atoms with Gasteiger partial charge in [0.2, 0.25) is 5.88 Å². The van der Waals surface area contributed by atoms with Gasteiger partial charge in [-0.05, 0) is 30.2 Å². The van der Waals surface area contributed by atoms with Crippen molar-refractivity contribution in [3.8, 4) is 16.5 Å². The first kappa shape index (κ1) is 18.6. The maximum Gasteiger partial charge on any atom is 0.339 e. The lowest BCUT2D eigenvalue weighted by Gasteiger charge is -2.11. The highest BCUT2D eigenvalue weighted by Crippen LogP contribution is 2.32. The predicted molar refractivity (Wildman–Crippen MR) is 103 cm³/mol. The highest BCUT2D eigenvalue weighted by molar-refractivity contribution is 7.15. The predicted octanol–water partition coefficient (Wildman–Crippen LogP) is 4.16. The Hall–Kier alpha value is -3.19. The Labute approximate surface area is 160 Å². The van der Waals surface area contributed by atoms with E-state index in [1.54, 1.807) is 24.5 Å². The number of rotatable bonds is 7. The molecule has 0 aliphatic carbocycles. The van der Waals surface area contributed by atoms with E-state index in [-0.39, 0.29) is 12.2 Å². The van der Waals surface area contributed by atoms with E-state index in [9.17, 15) is 9.90 Å². The third kappa shape index (κ3) is 4.32. The second-order valence-electron chi connectivity index (χ2n) is 5.63. The van der Waals surface area contributed by atoms with Crippen molar-refractivity contribution in [3.63, 3.8) is 0 Å². The van der Waals surface area contributed by atoms with Crippen molar-refractivity contribution < 1.29 is 19.4 Å². The molecule has 3 aromatic rings. The number of ether oxygens (including phenoxy) is 2. The summed E-state index contributed by atoms with van der Waals surface area (Å²) >= 11 is 1.54. The van der Waals surface area contributed by atoms with E-state index in [4.69, 9.17) is 9.47 Å². The molecule has 2 heterocycles. The van der Waals surface area contributed by atoms with Crippen molar-refractivity contribution in [2.45, 2.75) is 13.5 Å². The number of aromatic nitrogens is 2. The van der Waals surface area contributed by atoms with Crippen LogP contribution in [0, 0.1) is 6.92 Å². The molecule has 138 valence electrons. The average molecular weight is 382 g/mol. The topological polar surface area (TPSA) is 81.5 Å². The van der Waals surface area contributed by atoms with Crippen molar-refractivity contribution in [3.05, 3.63) is 71.1 Å². The summed E-state index contributed by atoms with van der Waals surface area (Å²) in [5.41, 5.74) is 2.34. The van der Waals surface area contributed by atoms with Gasteiger partial charge >= 0.3 is 5.97 Å². The molecule has 0 saturated heterocycles. The summed E-state index contributed by atoms with van der Waals surface area (Å²) in [6, 6.07) is 11.0. The highest BCUT2D eigenvalue weighted by atomic mass is 32.1. The van der Waals surface area contributed by atoms with Gasteiger partial charge in [-0.25, -0.2) is 9.78 Å². The highest BCUT2D eigenvalue weighted by Gasteiger charge is 2.16. The second kappa shape index (κ2) is 8.46. The van der Waals surface area contributed by atoms with Crippen molar-refractivity contribution in [2.75, 3.05) is 7.11 Å². The Bertz CT molecular complexity index is 967. The summed E-state index contributed by atoms with van der Waals surface area (Å²) in [5.74, 6) is -0.525. The number of thiazole rings is 1. The van der Waals surface area contributed by atoms with E-state index in [0.717, 1.165) is 21.0 Å². The number of hydrogen-bond acceptors (Lipinski definition) is 6. The van der Waals surface area contributed by atoms with Crippen LogP contribution in [0.4, 0.5) is 0 Å². The van der Waals surface area contributed by atoms with Crippen LogP contribution in [0.1, 0.15) is 16.0 Å². The van der Waals surface area contributed by atoms with Crippen LogP contribution in [0.15, 0.2) is 55.1 Å². The summed E-state index contributed by atoms with van der Waals surface area (Å²) in [4.78, 5) is 21.0. The Morgan fingerprint density at radius 1 is 1.22 bits per heavy atom. The molecule has 0 saturated carbocycles. The van der Waals surface area contributed by atoms with Crippen LogP contribution in [-0.2, 0) is 16.1 Å². The molecule has 3 rings (SSSR count). The standard InChI is InChI=1S/C20H18N2O4S/c1-13-18(22-19(27-13)14-7-9-21-10-8-14)26-11-15-5-3-4-6-16(15)17(12-25-2)20(23)24/h3-10,12H,11H2,1-2H3,(H,23,24)/b17-12+. The number of nitrogens with zero attached hydrogens (tertiary/aromatic N) is 2. The van der Waals surface area contributed by atoms with Crippen LogP contribution in [0.3, 0.4) is 0 Å². The van der Waals surface area contributed by atoms with E-state index in [0.29, 0.717) is 11.4 Å². The number of carbonyl (C=O) groups is 1. The number of carboxylic acid groups (broad SMARTS) is 1. The molecule has 1 N–H and O–H groups in total. The SMILES string of the molecule is CO/C=C(/C(=O)O)c1ccccc1COc1nc(-c2ccncc2)sc1C. The van der Waals surface area contributed by atoms with Crippen molar-refractivity contribution in [1.29, 1.82) is 0 Å². The molecule has 0 amide bonds. The molecule has 27 heavy (non-hydrogen) atoms. The Kier molecular flexibility index (Phi) is 5.83. The van der Waals surface area contributed by atoms with Gasteiger partial charge < -0.3 is 14.6 Å². The van der Waals surface area contributed by atoms with Crippen LogP contribution in [-0.4, -0.2) is 28.2 Å². The number of benzene rings is 1. The van der Waals surface area contributed by atoms with Crippen molar-refractivity contribution >= 4 is 22.9 Å². The molecule has 0 bridgehead atoms. The Morgan fingerprint density at radius 3 is 2.67 bits per heavy atom. The monoisotopic (exact) mass is 382 g/mol. The molecule has 1 aromatic carbocycles.